The van der Waals surface area contributed by atoms with Crippen molar-refractivity contribution in [3.63, 3.8) is 0 Å². The molecule has 0 saturated carbocycles. The number of piperidine rings is 1. The summed E-state index contributed by atoms with van der Waals surface area (Å²) in [6.45, 7) is 6.14. The highest BCUT2D eigenvalue weighted by atomic mass is 16.5. The van der Waals surface area contributed by atoms with Gasteiger partial charge >= 0.3 is 0 Å². The number of likely N-dealkylation sites (tertiary alicyclic amines) is 1. The molecule has 2 aliphatic heterocycles. The van der Waals surface area contributed by atoms with Gasteiger partial charge in [0, 0.05) is 50.7 Å². The molecule has 0 radical (unpaired) electrons. The van der Waals surface area contributed by atoms with Crippen molar-refractivity contribution in [3.05, 3.63) is 53.1 Å². The summed E-state index contributed by atoms with van der Waals surface area (Å²) in [4.78, 5) is 25.5. The van der Waals surface area contributed by atoms with Crippen LogP contribution in [-0.2, 0) is 24.3 Å². The van der Waals surface area contributed by atoms with Gasteiger partial charge in [-0.2, -0.15) is 0 Å². The van der Waals surface area contributed by atoms with Crippen molar-refractivity contribution < 1.29 is 9.53 Å². The van der Waals surface area contributed by atoms with E-state index >= 15 is 0 Å². The molecule has 0 unspecified atom stereocenters. The van der Waals surface area contributed by atoms with Gasteiger partial charge in [0.2, 0.25) is 5.91 Å². The van der Waals surface area contributed by atoms with E-state index in [9.17, 15) is 4.79 Å². The molecule has 1 aromatic carbocycles. The molecule has 2 aromatic rings. The summed E-state index contributed by atoms with van der Waals surface area (Å²) in [6.07, 6.45) is 4.96. The Bertz CT molecular complexity index is 829. The Hall–Kier alpha value is -2.47. The Morgan fingerprint density at radius 1 is 1.18 bits per heavy atom. The van der Waals surface area contributed by atoms with Crippen molar-refractivity contribution in [1.29, 1.82) is 0 Å². The van der Waals surface area contributed by atoms with Crippen LogP contribution in [0.4, 0.5) is 0 Å². The molecule has 148 valence electrons. The average molecular weight is 380 g/mol. The van der Waals surface area contributed by atoms with Crippen molar-refractivity contribution in [2.24, 2.45) is 0 Å². The predicted octanol–water partition coefficient (Wildman–Crippen LogP) is 2.77. The number of carbonyl (C=O) groups excluding carboxylic acids is 1. The topological polar surface area (TPSA) is 58.6 Å². The fourth-order valence-corrected chi connectivity index (χ4v) is 4.14. The number of rotatable bonds is 4. The number of hydrogen-bond donors (Lipinski definition) is 0. The zero-order valence-corrected chi connectivity index (χ0v) is 16.7. The van der Waals surface area contributed by atoms with Crippen LogP contribution in [-0.4, -0.2) is 52.4 Å². The van der Waals surface area contributed by atoms with Crippen LogP contribution in [0.1, 0.15) is 48.3 Å². The first-order chi connectivity index (χ1) is 13.6. The molecule has 28 heavy (non-hydrogen) atoms. The van der Waals surface area contributed by atoms with E-state index in [1.54, 1.807) is 14.0 Å². The van der Waals surface area contributed by atoms with Gasteiger partial charge in [-0.3, -0.25) is 9.69 Å². The SMILES string of the molecule is COc1ccc(CN2CCC(c3ncc4c(n3)CCN(C(C)=O)C4)CC2)cc1. The number of nitrogens with zero attached hydrogens (tertiary/aromatic N) is 4. The summed E-state index contributed by atoms with van der Waals surface area (Å²) in [5.41, 5.74) is 3.55. The van der Waals surface area contributed by atoms with Crippen LogP contribution in [0.3, 0.4) is 0 Å². The number of hydrogen-bond acceptors (Lipinski definition) is 5. The first kappa shape index (κ1) is 18.9. The summed E-state index contributed by atoms with van der Waals surface area (Å²) in [6, 6.07) is 8.33. The lowest BCUT2D eigenvalue weighted by Gasteiger charge is -2.32. The predicted molar refractivity (Wildman–Crippen MR) is 107 cm³/mol. The van der Waals surface area contributed by atoms with Crippen LogP contribution < -0.4 is 4.74 Å². The molecule has 0 bridgehead atoms. The van der Waals surface area contributed by atoms with Crippen molar-refractivity contribution >= 4 is 5.91 Å². The third-order valence-electron chi connectivity index (χ3n) is 5.92. The zero-order valence-electron chi connectivity index (χ0n) is 16.7. The van der Waals surface area contributed by atoms with E-state index in [2.05, 4.69) is 22.0 Å². The minimum absolute atomic E-state index is 0.124. The monoisotopic (exact) mass is 380 g/mol. The molecule has 1 aromatic heterocycles. The van der Waals surface area contributed by atoms with E-state index < -0.39 is 0 Å². The smallest absolute Gasteiger partial charge is 0.219 e. The van der Waals surface area contributed by atoms with Crippen LogP contribution in [0.15, 0.2) is 30.5 Å². The number of methoxy groups -OCH3 is 1. The lowest BCUT2D eigenvalue weighted by atomic mass is 9.95. The van der Waals surface area contributed by atoms with Crippen LogP contribution in [0.5, 0.6) is 5.75 Å². The zero-order chi connectivity index (χ0) is 19.5. The van der Waals surface area contributed by atoms with Gasteiger partial charge in [0.1, 0.15) is 11.6 Å². The van der Waals surface area contributed by atoms with E-state index in [0.717, 1.165) is 68.3 Å². The molecule has 4 rings (SSSR count). The first-order valence-corrected chi connectivity index (χ1v) is 10.1. The molecule has 6 nitrogen and oxygen atoms in total. The highest BCUT2D eigenvalue weighted by molar-refractivity contribution is 5.73. The number of aromatic nitrogens is 2. The maximum absolute atomic E-state index is 11.6. The van der Waals surface area contributed by atoms with Crippen LogP contribution in [0.25, 0.3) is 0 Å². The largest absolute Gasteiger partial charge is 0.497 e. The van der Waals surface area contributed by atoms with Gasteiger partial charge in [0.05, 0.1) is 12.8 Å². The lowest BCUT2D eigenvalue weighted by molar-refractivity contribution is -0.129. The molecule has 6 heteroatoms. The summed E-state index contributed by atoms with van der Waals surface area (Å²) in [7, 11) is 1.70. The van der Waals surface area contributed by atoms with Gasteiger partial charge < -0.3 is 9.64 Å². The van der Waals surface area contributed by atoms with Crippen molar-refractivity contribution in [3.8, 4) is 5.75 Å². The number of fused-ring (bicyclic) bond motifs is 1. The van der Waals surface area contributed by atoms with Crippen molar-refractivity contribution in [2.45, 2.75) is 45.2 Å². The third-order valence-corrected chi connectivity index (χ3v) is 5.92. The summed E-state index contributed by atoms with van der Waals surface area (Å²) in [5.74, 6) is 2.44. The molecule has 0 aliphatic carbocycles. The van der Waals surface area contributed by atoms with E-state index in [1.807, 2.05) is 23.2 Å². The summed E-state index contributed by atoms with van der Waals surface area (Å²) < 4.78 is 5.23. The van der Waals surface area contributed by atoms with E-state index in [1.165, 1.54) is 5.56 Å². The van der Waals surface area contributed by atoms with Gasteiger partial charge in [0.15, 0.2) is 0 Å². The quantitative estimate of drug-likeness (QED) is 0.816. The second-order valence-electron chi connectivity index (χ2n) is 7.79. The number of amides is 1. The normalized spacial score (nSPS) is 18.0. The Kier molecular flexibility index (Phi) is 5.57. The summed E-state index contributed by atoms with van der Waals surface area (Å²) >= 11 is 0. The van der Waals surface area contributed by atoms with Crippen LogP contribution >= 0.6 is 0 Å². The van der Waals surface area contributed by atoms with Gasteiger partial charge in [-0.1, -0.05) is 12.1 Å². The second kappa shape index (κ2) is 8.27. The van der Waals surface area contributed by atoms with E-state index in [-0.39, 0.29) is 5.91 Å². The number of benzene rings is 1. The molecule has 1 amide bonds. The second-order valence-corrected chi connectivity index (χ2v) is 7.79. The Labute approximate surface area is 166 Å². The lowest BCUT2D eigenvalue weighted by Crippen LogP contribution is -2.35. The van der Waals surface area contributed by atoms with Crippen LogP contribution in [0, 0.1) is 0 Å². The van der Waals surface area contributed by atoms with E-state index in [4.69, 9.17) is 9.72 Å². The summed E-state index contributed by atoms with van der Waals surface area (Å²) in [5, 5.41) is 0. The minimum atomic E-state index is 0.124. The molecule has 1 saturated heterocycles. The standard InChI is InChI=1S/C22H28N4O2/c1-16(27)26-12-9-21-19(15-26)13-23-22(24-21)18-7-10-25(11-8-18)14-17-3-5-20(28-2)6-4-17/h3-6,13,18H,7-12,14-15H2,1-2H3. The van der Waals surface area contributed by atoms with Gasteiger partial charge in [-0.15, -0.1) is 0 Å². The Morgan fingerprint density at radius 2 is 1.93 bits per heavy atom. The molecule has 3 heterocycles. The fraction of sp³-hybridized carbons (Fsp3) is 0.500. The van der Waals surface area contributed by atoms with Crippen LogP contribution in [0.2, 0.25) is 0 Å². The molecule has 1 fully saturated rings. The molecule has 0 spiro atoms. The Morgan fingerprint density at radius 3 is 2.61 bits per heavy atom. The third kappa shape index (κ3) is 4.17. The Balaban J connectivity index is 1.34. The van der Waals surface area contributed by atoms with Crippen molar-refractivity contribution in [2.75, 3.05) is 26.7 Å². The maximum atomic E-state index is 11.6. The highest BCUT2D eigenvalue weighted by Crippen LogP contribution is 2.28. The maximum Gasteiger partial charge on any atom is 0.219 e. The van der Waals surface area contributed by atoms with Gasteiger partial charge in [-0.05, 0) is 43.6 Å². The average Bonchev–Trinajstić information content (AvgIpc) is 2.74. The molecule has 0 atom stereocenters. The number of ether oxygens (including phenoxy) is 1. The highest BCUT2D eigenvalue weighted by Gasteiger charge is 2.25. The molecular weight excluding hydrogens is 352 g/mol. The van der Waals surface area contributed by atoms with E-state index in [0.29, 0.717) is 12.5 Å². The van der Waals surface area contributed by atoms with Gasteiger partial charge in [-0.25, -0.2) is 9.97 Å². The first-order valence-electron chi connectivity index (χ1n) is 10.1. The minimum Gasteiger partial charge on any atom is -0.497 e. The molecular formula is C22H28N4O2. The molecule has 0 N–H and O–H groups in total. The molecule has 2 aliphatic rings. The van der Waals surface area contributed by atoms with Crippen molar-refractivity contribution in [1.82, 2.24) is 19.8 Å². The fourth-order valence-electron chi connectivity index (χ4n) is 4.14. The number of carbonyl (C=O) groups is 1. The van der Waals surface area contributed by atoms with Gasteiger partial charge in [0.25, 0.3) is 0 Å².